The number of carbonyl (C=O) groups excluding carboxylic acids is 1. The number of esters is 1. The largest absolute Gasteiger partial charge is 0.463 e. The number of allylic oxidation sites excluding steroid dienone is 5. The van der Waals surface area contributed by atoms with Crippen molar-refractivity contribution in [1.29, 1.82) is 0 Å². The van der Waals surface area contributed by atoms with E-state index in [-0.39, 0.29) is 5.97 Å². The zero-order valence-electron chi connectivity index (χ0n) is 15.7. The van der Waals surface area contributed by atoms with Gasteiger partial charge in [0.2, 0.25) is 0 Å². The highest BCUT2D eigenvalue weighted by atomic mass is 16.5. The lowest BCUT2D eigenvalue weighted by Gasteiger charge is -2.07. The van der Waals surface area contributed by atoms with E-state index in [1.165, 1.54) is 39.1 Å². The third-order valence-corrected chi connectivity index (χ3v) is 4.25. The van der Waals surface area contributed by atoms with Crippen molar-refractivity contribution in [3.05, 3.63) is 76.9 Å². The summed E-state index contributed by atoms with van der Waals surface area (Å²) in [5.41, 5.74) is 5.88. The maximum Gasteiger partial charge on any atom is 0.330 e. The topological polar surface area (TPSA) is 26.3 Å². The van der Waals surface area contributed by atoms with Gasteiger partial charge < -0.3 is 4.74 Å². The van der Waals surface area contributed by atoms with Gasteiger partial charge in [0.1, 0.15) is 0 Å². The fourth-order valence-electron chi connectivity index (χ4n) is 2.63. The number of benzene rings is 2. The van der Waals surface area contributed by atoms with Crippen LogP contribution in [0.2, 0.25) is 0 Å². The highest BCUT2D eigenvalue weighted by molar-refractivity contribution is 5.87. The molecule has 25 heavy (non-hydrogen) atoms. The molecule has 2 rings (SSSR count). The predicted molar refractivity (Wildman–Crippen MR) is 107 cm³/mol. The Kier molecular flexibility index (Phi) is 6.35. The zero-order chi connectivity index (χ0) is 18.4. The molecule has 0 N–H and O–H groups in total. The monoisotopic (exact) mass is 334 g/mol. The van der Waals surface area contributed by atoms with Crippen molar-refractivity contribution in [2.75, 3.05) is 6.61 Å². The van der Waals surface area contributed by atoms with Gasteiger partial charge in [-0.2, -0.15) is 0 Å². The van der Waals surface area contributed by atoms with E-state index in [9.17, 15) is 4.79 Å². The van der Waals surface area contributed by atoms with E-state index in [1.807, 2.05) is 19.1 Å². The van der Waals surface area contributed by atoms with Gasteiger partial charge in [-0.1, -0.05) is 42.5 Å². The number of hydrogen-bond acceptors (Lipinski definition) is 2. The Bertz CT molecular complexity index is 867. The van der Waals surface area contributed by atoms with Gasteiger partial charge in [0.05, 0.1) is 6.61 Å². The molecule has 130 valence electrons. The Hall–Kier alpha value is -2.61. The number of ether oxygens (including phenoxy) is 1. The van der Waals surface area contributed by atoms with E-state index >= 15 is 0 Å². The summed E-state index contributed by atoms with van der Waals surface area (Å²) in [4.78, 5) is 11.4. The van der Waals surface area contributed by atoms with E-state index < -0.39 is 0 Å². The maximum atomic E-state index is 11.4. The standard InChI is InChI=1S/C23H26O2/c1-6-25-23(24)12-16(2)8-7-9-17(3)20-10-11-21-13-18(4)19(5)14-22(21)15-20/h7-15H,6H2,1-5H3/b8-7+,16-12+,17-9-. The SMILES string of the molecule is CCOC(=O)/C=C(C)/C=C/C=C(/C)c1ccc2cc(C)c(C)cc2c1. The van der Waals surface area contributed by atoms with Crippen LogP contribution in [0.1, 0.15) is 37.5 Å². The molecule has 2 aromatic rings. The molecule has 0 aliphatic rings. The normalized spacial score (nSPS) is 12.8. The Labute approximate surface area is 150 Å². The molecule has 0 aliphatic heterocycles. The second-order valence-corrected chi connectivity index (χ2v) is 6.35. The summed E-state index contributed by atoms with van der Waals surface area (Å²) in [6, 6.07) is 11.0. The van der Waals surface area contributed by atoms with Gasteiger partial charge in [-0.3, -0.25) is 0 Å². The summed E-state index contributed by atoms with van der Waals surface area (Å²) >= 11 is 0. The number of aryl methyl sites for hydroxylation is 2. The molecule has 0 saturated heterocycles. The van der Waals surface area contributed by atoms with Crippen LogP contribution >= 0.6 is 0 Å². The third kappa shape index (κ3) is 5.18. The molecule has 0 aromatic heterocycles. The molecule has 0 aliphatic carbocycles. The summed E-state index contributed by atoms with van der Waals surface area (Å²) in [5, 5.41) is 2.53. The first-order chi connectivity index (χ1) is 11.9. The number of carbonyl (C=O) groups is 1. The van der Waals surface area contributed by atoms with Crippen molar-refractivity contribution < 1.29 is 9.53 Å². The molecule has 0 saturated carbocycles. The molecule has 2 heteroatoms. The molecular formula is C23H26O2. The van der Waals surface area contributed by atoms with Crippen molar-refractivity contribution in [2.45, 2.75) is 34.6 Å². The minimum absolute atomic E-state index is 0.300. The van der Waals surface area contributed by atoms with E-state index in [0.29, 0.717) is 6.61 Å². The highest BCUT2D eigenvalue weighted by Gasteiger charge is 2.01. The van der Waals surface area contributed by atoms with Gasteiger partial charge in [0.25, 0.3) is 0 Å². The first-order valence-corrected chi connectivity index (χ1v) is 8.62. The van der Waals surface area contributed by atoms with E-state index in [2.05, 4.69) is 57.2 Å². The van der Waals surface area contributed by atoms with Crippen molar-refractivity contribution in [2.24, 2.45) is 0 Å². The molecule has 0 radical (unpaired) electrons. The van der Waals surface area contributed by atoms with Gasteiger partial charge in [-0.15, -0.1) is 0 Å². The van der Waals surface area contributed by atoms with E-state index in [0.717, 1.165) is 5.57 Å². The van der Waals surface area contributed by atoms with Crippen LogP contribution in [0.15, 0.2) is 60.2 Å². The number of rotatable bonds is 5. The zero-order valence-corrected chi connectivity index (χ0v) is 15.7. The maximum absolute atomic E-state index is 11.4. The first kappa shape index (κ1) is 18.7. The minimum Gasteiger partial charge on any atom is -0.463 e. The van der Waals surface area contributed by atoms with Crippen molar-refractivity contribution >= 4 is 22.3 Å². The van der Waals surface area contributed by atoms with Crippen molar-refractivity contribution in [1.82, 2.24) is 0 Å². The molecule has 0 fully saturated rings. The molecular weight excluding hydrogens is 308 g/mol. The van der Waals surface area contributed by atoms with Crippen LogP contribution in [0.25, 0.3) is 16.3 Å². The number of fused-ring (bicyclic) bond motifs is 1. The second kappa shape index (κ2) is 8.48. The van der Waals surface area contributed by atoms with Crippen molar-refractivity contribution in [3.63, 3.8) is 0 Å². The summed E-state index contributed by atoms with van der Waals surface area (Å²) < 4.78 is 4.90. The van der Waals surface area contributed by atoms with Crippen molar-refractivity contribution in [3.8, 4) is 0 Å². The lowest BCUT2D eigenvalue weighted by atomic mass is 9.98. The van der Waals surface area contributed by atoms with Crippen LogP contribution in [0.4, 0.5) is 0 Å². The molecule has 0 bridgehead atoms. The van der Waals surface area contributed by atoms with Crippen LogP contribution in [-0.4, -0.2) is 12.6 Å². The van der Waals surface area contributed by atoms with Crippen LogP contribution in [0, 0.1) is 13.8 Å². The first-order valence-electron chi connectivity index (χ1n) is 8.62. The average Bonchev–Trinajstić information content (AvgIpc) is 2.55. The molecule has 2 aromatic carbocycles. The fraction of sp³-hybridized carbons (Fsp3) is 0.261. The van der Waals surface area contributed by atoms with Gasteiger partial charge >= 0.3 is 5.97 Å². The average molecular weight is 334 g/mol. The van der Waals surface area contributed by atoms with Crippen LogP contribution in [-0.2, 0) is 9.53 Å². The van der Waals surface area contributed by atoms with Gasteiger partial charge in [-0.25, -0.2) is 4.79 Å². The Balaban J connectivity index is 2.19. The Morgan fingerprint density at radius 1 is 1.04 bits per heavy atom. The molecule has 0 amide bonds. The smallest absolute Gasteiger partial charge is 0.330 e. The molecule has 0 unspecified atom stereocenters. The molecule has 2 nitrogen and oxygen atoms in total. The summed E-state index contributed by atoms with van der Waals surface area (Å²) in [5.74, 6) is -0.300. The van der Waals surface area contributed by atoms with E-state index in [1.54, 1.807) is 6.92 Å². The van der Waals surface area contributed by atoms with E-state index in [4.69, 9.17) is 4.74 Å². The molecule has 0 heterocycles. The van der Waals surface area contributed by atoms with Crippen LogP contribution < -0.4 is 0 Å². The summed E-state index contributed by atoms with van der Waals surface area (Å²) in [6.45, 7) is 10.5. The highest BCUT2D eigenvalue weighted by Crippen LogP contribution is 2.24. The lowest BCUT2D eigenvalue weighted by Crippen LogP contribution is -1.99. The van der Waals surface area contributed by atoms with Gasteiger partial charge in [0.15, 0.2) is 0 Å². The summed E-state index contributed by atoms with van der Waals surface area (Å²) in [7, 11) is 0. The summed E-state index contributed by atoms with van der Waals surface area (Å²) in [6.07, 6.45) is 7.44. The number of hydrogen-bond donors (Lipinski definition) is 0. The fourth-order valence-corrected chi connectivity index (χ4v) is 2.63. The Morgan fingerprint density at radius 2 is 1.72 bits per heavy atom. The predicted octanol–water partition coefficient (Wildman–Crippen LogP) is 5.93. The molecule has 0 spiro atoms. The Morgan fingerprint density at radius 3 is 2.40 bits per heavy atom. The van der Waals surface area contributed by atoms with Gasteiger partial charge in [0, 0.05) is 6.08 Å². The lowest BCUT2D eigenvalue weighted by molar-refractivity contribution is -0.137. The van der Waals surface area contributed by atoms with Gasteiger partial charge in [-0.05, 0) is 79.3 Å². The minimum atomic E-state index is -0.300. The quantitative estimate of drug-likeness (QED) is 0.385. The van der Waals surface area contributed by atoms with Crippen LogP contribution in [0.5, 0.6) is 0 Å². The molecule has 0 atom stereocenters. The van der Waals surface area contributed by atoms with Crippen LogP contribution in [0.3, 0.4) is 0 Å². The third-order valence-electron chi connectivity index (χ3n) is 4.25. The second-order valence-electron chi connectivity index (χ2n) is 6.35.